The molecule has 0 bridgehead atoms. The second-order valence-corrected chi connectivity index (χ2v) is 6.67. The van der Waals surface area contributed by atoms with Crippen molar-refractivity contribution in [2.24, 2.45) is 17.8 Å². The minimum Gasteiger partial charge on any atom is -0.342 e. The van der Waals surface area contributed by atoms with Crippen LogP contribution in [-0.2, 0) is 4.79 Å². The molecule has 0 aliphatic carbocycles. The van der Waals surface area contributed by atoms with E-state index in [-0.39, 0.29) is 5.92 Å². The Morgan fingerprint density at radius 2 is 1.79 bits per heavy atom. The maximum atomic E-state index is 12.5. The lowest BCUT2D eigenvalue weighted by atomic mass is 9.84. The molecule has 1 N–H and O–H groups in total. The van der Waals surface area contributed by atoms with Gasteiger partial charge in [-0.3, -0.25) is 4.79 Å². The van der Waals surface area contributed by atoms with Gasteiger partial charge in [0, 0.05) is 19.6 Å². The summed E-state index contributed by atoms with van der Waals surface area (Å²) in [4.78, 5) is 17.0. The van der Waals surface area contributed by atoms with Crippen LogP contribution in [0.3, 0.4) is 0 Å². The van der Waals surface area contributed by atoms with E-state index in [0.717, 1.165) is 44.4 Å². The minimum absolute atomic E-state index is 0.275. The van der Waals surface area contributed by atoms with Gasteiger partial charge in [0.2, 0.25) is 5.91 Å². The summed E-state index contributed by atoms with van der Waals surface area (Å²) in [6.07, 6.45) is 4.90. The molecule has 3 saturated heterocycles. The fourth-order valence-corrected chi connectivity index (χ4v) is 4.08. The van der Waals surface area contributed by atoms with Gasteiger partial charge < -0.3 is 15.1 Å². The maximum absolute atomic E-state index is 12.5. The molecule has 3 heterocycles. The van der Waals surface area contributed by atoms with Crippen LogP contribution in [0, 0.1) is 17.8 Å². The molecule has 108 valence electrons. The van der Waals surface area contributed by atoms with E-state index in [0.29, 0.717) is 5.91 Å². The summed E-state index contributed by atoms with van der Waals surface area (Å²) >= 11 is 0. The highest BCUT2D eigenvalue weighted by Crippen LogP contribution is 2.31. The molecule has 1 amide bonds. The van der Waals surface area contributed by atoms with Crippen LogP contribution < -0.4 is 5.32 Å². The van der Waals surface area contributed by atoms with Crippen LogP contribution >= 0.6 is 0 Å². The van der Waals surface area contributed by atoms with Gasteiger partial charge in [-0.25, -0.2) is 0 Å². The molecule has 0 aromatic heterocycles. The van der Waals surface area contributed by atoms with Gasteiger partial charge in [-0.05, 0) is 64.2 Å². The molecule has 3 aliphatic rings. The van der Waals surface area contributed by atoms with Gasteiger partial charge in [0.05, 0.1) is 5.92 Å². The first kappa shape index (κ1) is 13.4. The van der Waals surface area contributed by atoms with Crippen molar-refractivity contribution in [2.75, 3.05) is 46.3 Å². The number of rotatable bonds is 2. The van der Waals surface area contributed by atoms with Gasteiger partial charge in [0.15, 0.2) is 0 Å². The largest absolute Gasteiger partial charge is 0.342 e. The van der Waals surface area contributed by atoms with Crippen molar-refractivity contribution in [1.29, 1.82) is 0 Å². The summed E-state index contributed by atoms with van der Waals surface area (Å²) < 4.78 is 0. The molecule has 0 radical (unpaired) electrons. The molecule has 2 unspecified atom stereocenters. The highest BCUT2D eigenvalue weighted by molar-refractivity contribution is 5.79. The number of nitrogens with zero attached hydrogens (tertiary/aromatic N) is 2. The zero-order valence-corrected chi connectivity index (χ0v) is 12.1. The Bertz CT molecular complexity index is 327. The van der Waals surface area contributed by atoms with Crippen LogP contribution in [0.4, 0.5) is 0 Å². The fraction of sp³-hybridized carbons (Fsp3) is 0.933. The first-order valence-corrected chi connectivity index (χ1v) is 7.92. The predicted molar refractivity (Wildman–Crippen MR) is 75.9 cm³/mol. The molecular weight excluding hydrogens is 238 g/mol. The highest BCUT2D eigenvalue weighted by atomic mass is 16.2. The Kier molecular flexibility index (Phi) is 4.08. The average molecular weight is 265 g/mol. The predicted octanol–water partition coefficient (Wildman–Crippen LogP) is 0.786. The SMILES string of the molecule is CN1CCC(C(=O)N2CCC(C3CCNCC3)C2)C1. The number of hydrogen-bond acceptors (Lipinski definition) is 3. The summed E-state index contributed by atoms with van der Waals surface area (Å²) in [6.45, 7) is 6.43. The summed E-state index contributed by atoms with van der Waals surface area (Å²) in [5, 5.41) is 3.44. The van der Waals surface area contributed by atoms with Gasteiger partial charge >= 0.3 is 0 Å². The minimum atomic E-state index is 0.275. The third kappa shape index (κ3) is 2.95. The zero-order valence-electron chi connectivity index (χ0n) is 12.1. The first-order chi connectivity index (χ1) is 9.24. The molecule has 2 atom stereocenters. The highest BCUT2D eigenvalue weighted by Gasteiger charge is 2.36. The molecule has 19 heavy (non-hydrogen) atoms. The van der Waals surface area contributed by atoms with Crippen molar-refractivity contribution in [3.63, 3.8) is 0 Å². The number of piperidine rings is 1. The molecule has 0 saturated carbocycles. The van der Waals surface area contributed by atoms with Crippen molar-refractivity contribution in [3.8, 4) is 0 Å². The van der Waals surface area contributed by atoms with Gasteiger partial charge in [-0.15, -0.1) is 0 Å². The molecule has 4 heteroatoms. The Morgan fingerprint density at radius 3 is 2.47 bits per heavy atom. The molecule has 0 aromatic rings. The second kappa shape index (κ2) is 5.80. The van der Waals surface area contributed by atoms with E-state index in [9.17, 15) is 4.79 Å². The zero-order chi connectivity index (χ0) is 13.2. The van der Waals surface area contributed by atoms with Crippen molar-refractivity contribution in [3.05, 3.63) is 0 Å². The number of amides is 1. The van der Waals surface area contributed by atoms with E-state index in [1.807, 2.05) is 0 Å². The van der Waals surface area contributed by atoms with Crippen molar-refractivity contribution >= 4 is 5.91 Å². The van der Waals surface area contributed by atoms with Gasteiger partial charge in [-0.2, -0.15) is 0 Å². The number of hydrogen-bond donors (Lipinski definition) is 1. The van der Waals surface area contributed by atoms with Crippen molar-refractivity contribution in [1.82, 2.24) is 15.1 Å². The third-order valence-corrected chi connectivity index (χ3v) is 5.33. The maximum Gasteiger partial charge on any atom is 0.227 e. The van der Waals surface area contributed by atoms with Crippen LogP contribution in [-0.4, -0.2) is 62.0 Å². The Morgan fingerprint density at radius 1 is 1.00 bits per heavy atom. The van der Waals surface area contributed by atoms with E-state index in [4.69, 9.17) is 0 Å². The lowest BCUT2D eigenvalue weighted by Gasteiger charge is -2.28. The lowest BCUT2D eigenvalue weighted by molar-refractivity contribution is -0.134. The van der Waals surface area contributed by atoms with E-state index in [1.165, 1.54) is 32.4 Å². The third-order valence-electron chi connectivity index (χ3n) is 5.33. The first-order valence-electron chi connectivity index (χ1n) is 7.92. The summed E-state index contributed by atoms with van der Waals surface area (Å²) in [5.74, 6) is 2.33. The van der Waals surface area contributed by atoms with E-state index in [1.54, 1.807) is 0 Å². The number of nitrogens with one attached hydrogen (secondary N) is 1. The molecule has 4 nitrogen and oxygen atoms in total. The number of likely N-dealkylation sites (tertiary alicyclic amines) is 2. The Labute approximate surface area is 116 Å². The number of carbonyl (C=O) groups excluding carboxylic acids is 1. The molecule has 3 fully saturated rings. The van der Waals surface area contributed by atoms with Crippen LogP contribution in [0.2, 0.25) is 0 Å². The topological polar surface area (TPSA) is 35.6 Å². The normalized spacial score (nSPS) is 34.1. The lowest BCUT2D eigenvalue weighted by Crippen LogP contribution is -2.37. The Hall–Kier alpha value is -0.610. The molecule has 3 rings (SSSR count). The standard InChI is InChI=1S/C15H27N3O/c1-17-8-4-14(10-17)15(19)18-9-5-13(11-18)12-2-6-16-7-3-12/h12-14,16H,2-11H2,1H3. The van der Waals surface area contributed by atoms with Crippen molar-refractivity contribution < 1.29 is 4.79 Å². The van der Waals surface area contributed by atoms with Crippen LogP contribution in [0.25, 0.3) is 0 Å². The fourth-order valence-electron chi connectivity index (χ4n) is 4.08. The summed E-state index contributed by atoms with van der Waals surface area (Å²) in [5.41, 5.74) is 0. The van der Waals surface area contributed by atoms with Gasteiger partial charge in [-0.1, -0.05) is 0 Å². The van der Waals surface area contributed by atoms with E-state index in [2.05, 4.69) is 22.2 Å². The quantitative estimate of drug-likeness (QED) is 0.802. The van der Waals surface area contributed by atoms with Crippen LogP contribution in [0.15, 0.2) is 0 Å². The van der Waals surface area contributed by atoms with Crippen LogP contribution in [0.5, 0.6) is 0 Å². The monoisotopic (exact) mass is 265 g/mol. The van der Waals surface area contributed by atoms with E-state index >= 15 is 0 Å². The number of carbonyl (C=O) groups is 1. The second-order valence-electron chi connectivity index (χ2n) is 6.67. The molecular formula is C15H27N3O. The smallest absolute Gasteiger partial charge is 0.227 e. The van der Waals surface area contributed by atoms with Gasteiger partial charge in [0.1, 0.15) is 0 Å². The van der Waals surface area contributed by atoms with Gasteiger partial charge in [0.25, 0.3) is 0 Å². The molecule has 0 spiro atoms. The molecule has 0 aromatic carbocycles. The summed E-state index contributed by atoms with van der Waals surface area (Å²) in [6, 6.07) is 0. The van der Waals surface area contributed by atoms with E-state index < -0.39 is 0 Å². The summed E-state index contributed by atoms with van der Waals surface area (Å²) in [7, 11) is 2.12. The average Bonchev–Trinajstić information content (AvgIpc) is 3.08. The van der Waals surface area contributed by atoms with Crippen molar-refractivity contribution in [2.45, 2.75) is 25.7 Å². The van der Waals surface area contributed by atoms with Crippen LogP contribution in [0.1, 0.15) is 25.7 Å². The Balaban J connectivity index is 1.52. The molecule has 3 aliphatic heterocycles.